The number of nitrogens with one attached hydrogen (secondary N) is 3. The van der Waals surface area contributed by atoms with Crippen LogP contribution in [-0.4, -0.2) is 31.4 Å². The fourth-order valence-electron chi connectivity index (χ4n) is 3.05. The van der Waals surface area contributed by atoms with Crippen molar-refractivity contribution in [2.24, 2.45) is 5.10 Å². The molecule has 5 rings (SSSR count). The summed E-state index contributed by atoms with van der Waals surface area (Å²) < 4.78 is 10.4. The number of hydrazine groups is 1. The van der Waals surface area contributed by atoms with Crippen molar-refractivity contribution in [3.63, 3.8) is 0 Å². The molecule has 0 aliphatic heterocycles. The number of benzene rings is 2. The first-order valence-corrected chi connectivity index (χ1v) is 10.3. The maximum atomic E-state index is 10.8. The molecular weight excluding hydrogens is 454 g/mol. The van der Waals surface area contributed by atoms with Crippen LogP contribution in [0, 0.1) is 17.0 Å². The van der Waals surface area contributed by atoms with E-state index < -0.39 is 4.92 Å². The first-order valence-electron chi connectivity index (χ1n) is 10.3. The quantitative estimate of drug-likeness (QED) is 0.167. The highest BCUT2D eigenvalue weighted by atomic mass is 16.6. The second kappa shape index (κ2) is 9.27. The molecule has 3 heterocycles. The summed E-state index contributed by atoms with van der Waals surface area (Å²) in [6.07, 6.45) is 1.46. The maximum absolute atomic E-state index is 10.8. The molecule has 0 atom stereocenters. The van der Waals surface area contributed by atoms with Crippen molar-refractivity contribution in [3.8, 4) is 11.3 Å². The predicted molar refractivity (Wildman–Crippen MR) is 128 cm³/mol. The highest BCUT2D eigenvalue weighted by Gasteiger charge is 2.13. The van der Waals surface area contributed by atoms with Crippen LogP contribution in [0.25, 0.3) is 22.6 Å². The van der Waals surface area contributed by atoms with Gasteiger partial charge >= 0.3 is 0 Å². The molecular formula is C22H17N9O4. The minimum absolute atomic E-state index is 0.00737. The van der Waals surface area contributed by atoms with Gasteiger partial charge in [0.1, 0.15) is 11.5 Å². The molecule has 35 heavy (non-hydrogen) atoms. The number of hydrazone groups is 1. The van der Waals surface area contributed by atoms with Gasteiger partial charge in [0.2, 0.25) is 11.3 Å². The molecule has 0 unspecified atom stereocenters. The van der Waals surface area contributed by atoms with Crippen LogP contribution in [0.3, 0.4) is 0 Å². The van der Waals surface area contributed by atoms with Crippen LogP contribution in [0.4, 0.5) is 23.0 Å². The van der Waals surface area contributed by atoms with Crippen LogP contribution >= 0.6 is 0 Å². The summed E-state index contributed by atoms with van der Waals surface area (Å²) in [5.74, 6) is 1.58. The van der Waals surface area contributed by atoms with Gasteiger partial charge < -0.3 is 4.42 Å². The number of fused-ring (bicyclic) bond motifs is 1. The van der Waals surface area contributed by atoms with Gasteiger partial charge in [-0.2, -0.15) is 15.1 Å². The Balaban J connectivity index is 1.31. The van der Waals surface area contributed by atoms with Gasteiger partial charge in [0.05, 0.1) is 16.8 Å². The van der Waals surface area contributed by atoms with E-state index in [0.29, 0.717) is 22.9 Å². The van der Waals surface area contributed by atoms with Gasteiger partial charge in [-0.25, -0.2) is 4.63 Å². The zero-order chi connectivity index (χ0) is 24.2. The van der Waals surface area contributed by atoms with E-state index in [4.69, 9.17) is 9.05 Å². The topological polar surface area (TPSA) is 169 Å². The van der Waals surface area contributed by atoms with E-state index in [1.807, 2.05) is 31.2 Å². The summed E-state index contributed by atoms with van der Waals surface area (Å²) in [7, 11) is 0. The van der Waals surface area contributed by atoms with Gasteiger partial charge in [0.25, 0.3) is 5.69 Å². The fourth-order valence-corrected chi connectivity index (χ4v) is 3.05. The molecule has 0 spiro atoms. The van der Waals surface area contributed by atoms with Crippen LogP contribution in [0.15, 0.2) is 74.8 Å². The third-order valence-corrected chi connectivity index (χ3v) is 4.84. The Morgan fingerprint density at radius 3 is 2.34 bits per heavy atom. The summed E-state index contributed by atoms with van der Waals surface area (Å²) in [5.41, 5.74) is 11.9. The van der Waals surface area contributed by atoms with Crippen molar-refractivity contribution in [1.29, 1.82) is 0 Å². The van der Waals surface area contributed by atoms with E-state index in [0.717, 1.165) is 11.3 Å². The average molecular weight is 471 g/mol. The van der Waals surface area contributed by atoms with Crippen LogP contribution in [-0.2, 0) is 0 Å². The molecule has 13 nitrogen and oxygen atoms in total. The zero-order valence-corrected chi connectivity index (χ0v) is 18.2. The summed E-state index contributed by atoms with van der Waals surface area (Å²) in [4.78, 5) is 19.0. The maximum Gasteiger partial charge on any atom is 0.269 e. The fraction of sp³-hybridized carbons (Fsp3) is 0.0455. The predicted octanol–water partition coefficient (Wildman–Crippen LogP) is 4.37. The molecule has 0 saturated carbocycles. The molecule has 174 valence electrons. The Morgan fingerprint density at radius 1 is 0.914 bits per heavy atom. The Morgan fingerprint density at radius 2 is 1.63 bits per heavy atom. The summed E-state index contributed by atoms with van der Waals surface area (Å²) in [5, 5.41) is 22.4. The first kappa shape index (κ1) is 21.5. The first-order chi connectivity index (χ1) is 17.0. The number of aromatic nitrogens is 4. The summed E-state index contributed by atoms with van der Waals surface area (Å²) in [6, 6.07) is 17.3. The number of nitro benzene ring substituents is 1. The number of aryl methyl sites for hydroxylation is 1. The molecule has 0 bridgehead atoms. The normalized spacial score (nSPS) is 11.1. The van der Waals surface area contributed by atoms with Gasteiger partial charge in [0, 0.05) is 17.7 Å². The van der Waals surface area contributed by atoms with E-state index >= 15 is 0 Å². The Hall–Kier alpha value is -5.33. The third kappa shape index (κ3) is 4.88. The second-order valence-electron chi connectivity index (χ2n) is 7.32. The number of nitrogens with zero attached hydrogens (tertiary/aromatic N) is 6. The lowest BCUT2D eigenvalue weighted by molar-refractivity contribution is -0.384. The molecule has 3 N–H and O–H groups in total. The number of anilines is 3. The highest BCUT2D eigenvalue weighted by Crippen LogP contribution is 2.24. The second-order valence-corrected chi connectivity index (χ2v) is 7.32. The lowest BCUT2D eigenvalue weighted by atomic mass is 10.1. The van der Waals surface area contributed by atoms with Gasteiger partial charge in [-0.05, 0) is 53.6 Å². The number of non-ortho nitro benzene ring substituents is 1. The molecule has 0 amide bonds. The highest BCUT2D eigenvalue weighted by molar-refractivity contribution is 5.79. The number of furan rings is 1. The van der Waals surface area contributed by atoms with E-state index in [1.165, 1.54) is 18.3 Å². The van der Waals surface area contributed by atoms with E-state index in [1.54, 1.807) is 24.3 Å². The smallest absolute Gasteiger partial charge is 0.269 e. The molecule has 0 radical (unpaired) electrons. The lowest BCUT2D eigenvalue weighted by Gasteiger charge is -2.11. The summed E-state index contributed by atoms with van der Waals surface area (Å²) in [6.45, 7) is 2.00. The third-order valence-electron chi connectivity index (χ3n) is 4.84. The Kier molecular flexibility index (Phi) is 5.70. The van der Waals surface area contributed by atoms with Crippen LogP contribution in [0.5, 0.6) is 0 Å². The average Bonchev–Trinajstić information content (AvgIpc) is 3.53. The molecule has 0 saturated heterocycles. The van der Waals surface area contributed by atoms with Crippen LogP contribution in [0.2, 0.25) is 0 Å². The largest absolute Gasteiger partial charge is 0.455 e. The van der Waals surface area contributed by atoms with Gasteiger partial charge in [-0.15, -0.1) is 0 Å². The van der Waals surface area contributed by atoms with Crippen molar-refractivity contribution in [2.45, 2.75) is 6.92 Å². The van der Waals surface area contributed by atoms with Crippen molar-refractivity contribution < 1.29 is 14.0 Å². The standard InChI is InChI=1S/C22H17N9O4/c1-13-2-6-15(7-3-13)26-28-20-19(24-21-22(25-20)30-35-29-21)27-23-12-17-10-11-18(34-17)14-4-8-16(9-5-14)31(32)33/h2-12,26H,1H3,(H,24,27,29)(H,25,28,30)/b23-12+. The monoisotopic (exact) mass is 471 g/mol. The summed E-state index contributed by atoms with van der Waals surface area (Å²) >= 11 is 0. The SMILES string of the molecule is Cc1ccc(NNc2nc3nonc3nc2N/N=C/c2ccc(-c3ccc([N+](=O)[O-])cc3)o2)cc1. The molecule has 3 aromatic heterocycles. The van der Waals surface area contributed by atoms with Gasteiger partial charge in [-0.1, -0.05) is 17.7 Å². The zero-order valence-electron chi connectivity index (χ0n) is 18.2. The number of hydrogen-bond donors (Lipinski definition) is 3. The molecule has 2 aromatic carbocycles. The molecule has 5 aromatic rings. The molecule has 13 heteroatoms. The van der Waals surface area contributed by atoms with Crippen molar-refractivity contribution in [3.05, 3.63) is 82.1 Å². The van der Waals surface area contributed by atoms with Crippen LogP contribution < -0.4 is 16.3 Å². The van der Waals surface area contributed by atoms with Gasteiger partial charge in [-0.3, -0.25) is 26.4 Å². The van der Waals surface area contributed by atoms with E-state index in [9.17, 15) is 10.1 Å². The Bertz CT molecular complexity index is 1510. The number of hydrogen-bond acceptors (Lipinski definition) is 12. The number of nitro groups is 1. The minimum Gasteiger partial charge on any atom is -0.455 e. The molecule has 0 fully saturated rings. The van der Waals surface area contributed by atoms with E-state index in [2.05, 4.69) is 41.7 Å². The van der Waals surface area contributed by atoms with Crippen molar-refractivity contribution >= 4 is 40.5 Å². The van der Waals surface area contributed by atoms with Crippen molar-refractivity contribution in [1.82, 2.24) is 20.3 Å². The van der Waals surface area contributed by atoms with E-state index in [-0.39, 0.29) is 22.8 Å². The Labute approximate surface area is 197 Å². The van der Waals surface area contributed by atoms with Gasteiger partial charge in [0.15, 0.2) is 11.6 Å². The lowest BCUT2D eigenvalue weighted by Crippen LogP contribution is -2.13. The minimum atomic E-state index is -0.454. The number of rotatable bonds is 8. The molecule has 0 aliphatic carbocycles. The van der Waals surface area contributed by atoms with Crippen LogP contribution in [0.1, 0.15) is 11.3 Å². The molecule has 0 aliphatic rings. The van der Waals surface area contributed by atoms with Crippen molar-refractivity contribution in [2.75, 3.05) is 16.3 Å².